The van der Waals surface area contributed by atoms with Crippen LogP contribution in [0.5, 0.6) is 0 Å². The topological polar surface area (TPSA) is 172 Å². The summed E-state index contributed by atoms with van der Waals surface area (Å²) in [6.07, 6.45) is -7.69. The van der Waals surface area contributed by atoms with E-state index in [9.17, 15) is 24.9 Å². The molecule has 0 aromatic heterocycles. The Morgan fingerprint density at radius 3 is 2.20 bits per heavy atom. The molecule has 3 fully saturated rings. The number of aliphatic hydroxyl groups is 3. The molecule has 0 amide bonds. The van der Waals surface area contributed by atoms with Crippen molar-refractivity contribution in [1.29, 1.82) is 0 Å². The zero-order valence-corrected chi connectivity index (χ0v) is 32.7. The zero-order valence-electron chi connectivity index (χ0n) is 32.7. The third kappa shape index (κ3) is 8.29. The van der Waals surface area contributed by atoms with Crippen molar-refractivity contribution in [2.75, 3.05) is 21.2 Å². The molecule has 11 unspecified atom stereocenters. The van der Waals surface area contributed by atoms with Gasteiger partial charge in [0, 0.05) is 37.8 Å². The molecule has 294 valence electrons. The summed E-state index contributed by atoms with van der Waals surface area (Å²) in [5, 5.41) is 34.7. The van der Waals surface area contributed by atoms with Gasteiger partial charge in [-0.05, 0) is 81.5 Å². The van der Waals surface area contributed by atoms with Crippen LogP contribution in [0.2, 0.25) is 0 Å². The van der Waals surface area contributed by atoms with E-state index in [4.69, 9.17) is 37.9 Å². The highest BCUT2D eigenvalue weighted by molar-refractivity contribution is 5.73. The van der Waals surface area contributed by atoms with Crippen molar-refractivity contribution >= 4 is 12.4 Å². The predicted octanol–water partition coefficient (Wildman–Crippen LogP) is 2.68. The fourth-order valence-electron chi connectivity index (χ4n) is 8.62. The molecule has 0 aliphatic carbocycles. The molecule has 2 bridgehead atoms. The Labute approximate surface area is 303 Å². The molecule has 14 heteroatoms. The van der Waals surface area contributed by atoms with Gasteiger partial charge in [-0.25, -0.2) is 0 Å². The molecule has 0 radical (unpaired) electrons. The van der Waals surface area contributed by atoms with Gasteiger partial charge in [-0.3, -0.25) is 9.59 Å². The number of carbonyl (C=O) groups excluding carboxylic acids is 2. The number of hydrogen-bond acceptors (Lipinski definition) is 14. The highest BCUT2D eigenvalue weighted by atomic mass is 16.7. The Hall–Kier alpha value is -1.88. The second kappa shape index (κ2) is 15.8. The number of esters is 1. The van der Waals surface area contributed by atoms with Crippen LogP contribution in [0.1, 0.15) is 88.5 Å². The molecule has 4 aliphatic heterocycles. The second-order valence-electron chi connectivity index (χ2n) is 16.3. The molecular weight excluding hydrogens is 666 g/mol. The van der Waals surface area contributed by atoms with Crippen molar-refractivity contribution in [1.82, 2.24) is 4.90 Å². The summed E-state index contributed by atoms with van der Waals surface area (Å²) in [6.45, 7) is 18.0. The maximum atomic E-state index is 14.0. The lowest BCUT2D eigenvalue weighted by atomic mass is 9.79. The fourth-order valence-corrected chi connectivity index (χ4v) is 8.62. The van der Waals surface area contributed by atoms with Gasteiger partial charge in [0.1, 0.15) is 40.9 Å². The number of ether oxygens (including phenoxy) is 8. The first kappa shape index (κ1) is 41.9. The number of hydrogen-bond donors (Lipinski definition) is 3. The van der Waals surface area contributed by atoms with E-state index in [1.165, 1.54) is 14.0 Å². The van der Waals surface area contributed by atoms with Gasteiger partial charge in [0.05, 0.1) is 30.3 Å². The van der Waals surface area contributed by atoms with Crippen LogP contribution >= 0.6 is 0 Å². The van der Waals surface area contributed by atoms with Crippen molar-refractivity contribution in [3.05, 3.63) is 11.3 Å². The van der Waals surface area contributed by atoms with Gasteiger partial charge in [-0.1, -0.05) is 13.8 Å². The van der Waals surface area contributed by atoms with Crippen LogP contribution in [0.15, 0.2) is 11.3 Å². The Morgan fingerprint density at radius 1 is 0.961 bits per heavy atom. The first-order valence-electron chi connectivity index (χ1n) is 18.2. The van der Waals surface area contributed by atoms with Gasteiger partial charge < -0.3 is 58.1 Å². The van der Waals surface area contributed by atoms with Crippen LogP contribution < -0.4 is 0 Å². The molecule has 3 saturated heterocycles. The molecule has 17 atom stereocenters. The van der Waals surface area contributed by atoms with E-state index in [-0.39, 0.29) is 18.6 Å². The van der Waals surface area contributed by atoms with E-state index in [0.29, 0.717) is 25.1 Å². The Kier molecular flexibility index (Phi) is 13.0. The largest absolute Gasteiger partial charge is 0.489 e. The lowest BCUT2D eigenvalue weighted by molar-refractivity contribution is -0.317. The maximum absolute atomic E-state index is 14.0. The molecule has 4 aliphatic rings. The number of fused-ring (bicyclic) bond motifs is 2. The fraction of sp³-hybridized carbons (Fsp3) is 0.892. The summed E-state index contributed by atoms with van der Waals surface area (Å²) >= 11 is 0. The van der Waals surface area contributed by atoms with Crippen molar-refractivity contribution < 1.29 is 62.8 Å². The number of likely N-dealkylation sites (N-methyl/N-ethyl adjacent to an activating group) is 1. The summed E-state index contributed by atoms with van der Waals surface area (Å²) in [4.78, 5) is 27.3. The normalized spacial score (nSPS) is 48.6. The molecular formula is C37H63NO13. The number of aliphatic hydroxyl groups excluding tert-OH is 2. The van der Waals surface area contributed by atoms with E-state index in [1.54, 1.807) is 34.6 Å². The van der Waals surface area contributed by atoms with Crippen LogP contribution in [0.4, 0.5) is 0 Å². The quantitative estimate of drug-likeness (QED) is 0.246. The second-order valence-corrected chi connectivity index (χ2v) is 16.3. The van der Waals surface area contributed by atoms with E-state index in [0.717, 1.165) is 5.57 Å². The lowest BCUT2D eigenvalue weighted by Gasteiger charge is -2.49. The van der Waals surface area contributed by atoms with Crippen molar-refractivity contribution in [2.45, 2.75) is 173 Å². The van der Waals surface area contributed by atoms with E-state index < -0.39 is 95.8 Å². The van der Waals surface area contributed by atoms with Gasteiger partial charge in [0.2, 0.25) is 0 Å². The minimum Gasteiger partial charge on any atom is -0.489 e. The third-order valence-electron chi connectivity index (χ3n) is 11.9. The number of methoxy groups -OCH3 is 1. The van der Waals surface area contributed by atoms with Gasteiger partial charge in [-0.2, -0.15) is 0 Å². The van der Waals surface area contributed by atoms with Crippen molar-refractivity contribution in [3.63, 3.8) is 0 Å². The summed E-state index contributed by atoms with van der Waals surface area (Å²) in [6, 6.07) is -0.248. The van der Waals surface area contributed by atoms with Gasteiger partial charge >= 0.3 is 5.97 Å². The Bertz CT molecular complexity index is 1260. The van der Waals surface area contributed by atoms with E-state index in [1.807, 2.05) is 46.7 Å². The van der Waals surface area contributed by atoms with Crippen LogP contribution in [-0.4, -0.2) is 138 Å². The van der Waals surface area contributed by atoms with Crippen LogP contribution in [0.25, 0.3) is 0 Å². The van der Waals surface area contributed by atoms with Crippen molar-refractivity contribution in [2.24, 2.45) is 17.8 Å². The number of rotatable bonds is 8. The number of nitrogens with zero attached hydrogens (tertiary/aromatic N) is 1. The van der Waals surface area contributed by atoms with E-state index in [2.05, 4.69) is 0 Å². The molecule has 4 heterocycles. The highest BCUT2D eigenvalue weighted by Crippen LogP contribution is 2.47. The first-order valence-corrected chi connectivity index (χ1v) is 18.2. The van der Waals surface area contributed by atoms with Crippen LogP contribution in [0.3, 0.4) is 0 Å². The average Bonchev–Trinajstić information content (AvgIpc) is 3.37. The minimum atomic E-state index is -1.84. The maximum Gasteiger partial charge on any atom is 0.311 e. The van der Waals surface area contributed by atoms with Gasteiger partial charge in [-0.15, -0.1) is 0 Å². The predicted molar refractivity (Wildman–Crippen MR) is 184 cm³/mol. The summed E-state index contributed by atoms with van der Waals surface area (Å²) in [7, 11) is 5.32. The molecule has 3 N–H and O–H groups in total. The Morgan fingerprint density at radius 2 is 1.61 bits per heavy atom. The molecule has 51 heavy (non-hydrogen) atoms. The summed E-state index contributed by atoms with van der Waals surface area (Å²) < 4.78 is 50.0. The Balaban J connectivity index is 1.82. The minimum absolute atomic E-state index is 0.155. The first-order chi connectivity index (χ1) is 23.6. The number of carbonyl (C=O) groups is 2. The van der Waals surface area contributed by atoms with Gasteiger partial charge in [0.15, 0.2) is 18.7 Å². The molecule has 0 aromatic carbocycles. The monoisotopic (exact) mass is 729 g/mol. The number of cyclic esters (lactones) is 1. The standard InChI is InChI=1S/C37H63NO13/c1-18-15-36(9)31(50-34-27(40)25(38(11)12)14-19(2)46-34)21(4)29(49-26-16-35(8,44-13)32(45-17-39)23(6)47-26)22(5)33(42)48-24(7)37(10,43)30(41)20(3)28(18)51-36/h17,19-27,29-32,34,40-41,43H,14-16H2,1-13H3/t19-,20+,21+,22-,23+,24?,25?,26?,27?,29?,30?,31?,32?,34?,35?,36?,37-/m1/s1. The molecule has 0 saturated carbocycles. The average molecular weight is 730 g/mol. The zero-order chi connectivity index (χ0) is 38.4. The molecule has 14 nitrogen and oxygen atoms in total. The van der Waals surface area contributed by atoms with Crippen LogP contribution in [0, 0.1) is 17.8 Å². The lowest BCUT2D eigenvalue weighted by Crippen LogP contribution is -2.60. The molecule has 0 aromatic rings. The highest BCUT2D eigenvalue weighted by Gasteiger charge is 2.56. The summed E-state index contributed by atoms with van der Waals surface area (Å²) in [5.74, 6) is -2.44. The van der Waals surface area contributed by atoms with E-state index >= 15 is 0 Å². The SMILES string of the molecule is COC1(C)CC(OC2[C@H](C)C(OC3O[C@H](C)CC(N(C)C)C3O)C3(C)CC(C)=C(O3)[C@H](C)C(O)[C@](C)(O)C(C)OC(=O)[C@@H]2C)O[C@@H](C)C1OC=O. The van der Waals surface area contributed by atoms with Gasteiger partial charge in [0.25, 0.3) is 6.47 Å². The molecule has 4 rings (SSSR count). The third-order valence-corrected chi connectivity index (χ3v) is 11.9. The summed E-state index contributed by atoms with van der Waals surface area (Å²) in [5.41, 5.74) is -3.06. The molecule has 0 spiro atoms. The van der Waals surface area contributed by atoms with Crippen molar-refractivity contribution in [3.8, 4) is 0 Å². The van der Waals surface area contributed by atoms with Crippen LogP contribution in [-0.2, 0) is 47.5 Å². The smallest absolute Gasteiger partial charge is 0.311 e.